The second kappa shape index (κ2) is 3.31. The molecule has 0 aliphatic heterocycles. The largest absolute Gasteiger partial charge is 0.246 e. The molecule has 2 saturated carbocycles. The van der Waals surface area contributed by atoms with Crippen LogP contribution in [0.3, 0.4) is 0 Å². The predicted octanol–water partition coefficient (Wildman–Crippen LogP) is 3.26. The van der Waals surface area contributed by atoms with E-state index in [0.717, 1.165) is 25.2 Å². The number of nitriles is 1. The molecule has 0 spiro atoms. The molecule has 3 heteroatoms. The molecular weight excluding hydrogens is 204 g/mol. The van der Waals surface area contributed by atoms with Crippen molar-refractivity contribution in [2.24, 2.45) is 5.41 Å². The molecule has 0 unspecified atom stereocenters. The van der Waals surface area contributed by atoms with Crippen LogP contribution in [0.4, 0.5) is 0 Å². The fourth-order valence-corrected chi connectivity index (χ4v) is 3.09. The van der Waals surface area contributed by atoms with Crippen molar-refractivity contribution in [3.05, 3.63) is 16.1 Å². The summed E-state index contributed by atoms with van der Waals surface area (Å²) in [7, 11) is 0. The molecule has 3 rings (SSSR count). The van der Waals surface area contributed by atoms with Crippen molar-refractivity contribution in [1.82, 2.24) is 4.98 Å². The van der Waals surface area contributed by atoms with E-state index in [1.165, 1.54) is 30.0 Å². The number of thiazole rings is 1. The van der Waals surface area contributed by atoms with Gasteiger partial charge in [0.1, 0.15) is 0 Å². The summed E-state index contributed by atoms with van der Waals surface area (Å²) >= 11 is 1.75. The van der Waals surface area contributed by atoms with Gasteiger partial charge in [-0.25, -0.2) is 4.98 Å². The second-order valence-electron chi connectivity index (χ2n) is 4.86. The van der Waals surface area contributed by atoms with Crippen LogP contribution in [-0.2, 0) is 6.42 Å². The highest BCUT2D eigenvalue weighted by molar-refractivity contribution is 7.09. The maximum Gasteiger partial charge on any atom is 0.0944 e. The van der Waals surface area contributed by atoms with Crippen LogP contribution in [0.1, 0.15) is 48.7 Å². The number of hydrogen-bond donors (Lipinski definition) is 0. The van der Waals surface area contributed by atoms with Gasteiger partial charge in [0.2, 0.25) is 0 Å². The predicted molar refractivity (Wildman–Crippen MR) is 59.7 cm³/mol. The van der Waals surface area contributed by atoms with Gasteiger partial charge >= 0.3 is 0 Å². The smallest absolute Gasteiger partial charge is 0.0944 e. The Hall–Kier alpha value is -0.880. The Kier molecular flexibility index (Phi) is 2.07. The molecule has 2 nitrogen and oxygen atoms in total. The molecule has 0 saturated heterocycles. The van der Waals surface area contributed by atoms with E-state index < -0.39 is 0 Å². The SMILES string of the molecule is N#CC1(Cc2nc(C3CCC3)cs2)CC1. The van der Waals surface area contributed by atoms with Gasteiger partial charge in [-0.2, -0.15) is 5.26 Å². The lowest BCUT2D eigenvalue weighted by Crippen LogP contribution is -2.09. The van der Waals surface area contributed by atoms with Crippen molar-refractivity contribution in [3.8, 4) is 6.07 Å². The summed E-state index contributed by atoms with van der Waals surface area (Å²) in [6.45, 7) is 0. The lowest BCUT2D eigenvalue weighted by atomic mass is 9.83. The molecule has 2 aliphatic rings. The first-order valence-electron chi connectivity index (χ1n) is 5.67. The highest BCUT2D eigenvalue weighted by Gasteiger charge is 2.43. The summed E-state index contributed by atoms with van der Waals surface area (Å²) in [5.41, 5.74) is 1.25. The van der Waals surface area contributed by atoms with E-state index in [1.807, 2.05) is 0 Å². The highest BCUT2D eigenvalue weighted by Crippen LogP contribution is 2.48. The number of hydrogen-bond acceptors (Lipinski definition) is 3. The van der Waals surface area contributed by atoms with Crippen LogP contribution in [-0.4, -0.2) is 4.98 Å². The van der Waals surface area contributed by atoms with Crippen LogP contribution < -0.4 is 0 Å². The minimum atomic E-state index is -0.0330. The van der Waals surface area contributed by atoms with Crippen LogP contribution in [0.15, 0.2) is 5.38 Å². The fraction of sp³-hybridized carbons (Fsp3) is 0.667. The van der Waals surface area contributed by atoms with Gasteiger partial charge in [0.15, 0.2) is 0 Å². The van der Waals surface area contributed by atoms with Crippen LogP contribution in [0.25, 0.3) is 0 Å². The van der Waals surface area contributed by atoms with Crippen molar-refractivity contribution >= 4 is 11.3 Å². The van der Waals surface area contributed by atoms with E-state index in [0.29, 0.717) is 0 Å². The highest BCUT2D eigenvalue weighted by atomic mass is 32.1. The van der Waals surface area contributed by atoms with E-state index in [-0.39, 0.29) is 5.41 Å². The summed E-state index contributed by atoms with van der Waals surface area (Å²) in [4.78, 5) is 4.67. The molecule has 0 bridgehead atoms. The van der Waals surface area contributed by atoms with E-state index in [2.05, 4.69) is 16.4 Å². The third kappa shape index (κ3) is 1.68. The van der Waals surface area contributed by atoms with Crippen molar-refractivity contribution in [3.63, 3.8) is 0 Å². The van der Waals surface area contributed by atoms with Gasteiger partial charge in [0.25, 0.3) is 0 Å². The minimum Gasteiger partial charge on any atom is -0.246 e. The Bertz CT molecular complexity index is 408. The lowest BCUT2D eigenvalue weighted by molar-refractivity contribution is 0.412. The Balaban J connectivity index is 1.71. The van der Waals surface area contributed by atoms with Gasteiger partial charge < -0.3 is 0 Å². The van der Waals surface area contributed by atoms with E-state index in [4.69, 9.17) is 5.26 Å². The Morgan fingerprint density at radius 1 is 1.53 bits per heavy atom. The van der Waals surface area contributed by atoms with Crippen molar-refractivity contribution in [2.75, 3.05) is 0 Å². The average molecular weight is 218 g/mol. The maximum absolute atomic E-state index is 9.02. The quantitative estimate of drug-likeness (QED) is 0.780. The molecule has 78 valence electrons. The van der Waals surface area contributed by atoms with Gasteiger partial charge in [0.05, 0.1) is 22.2 Å². The van der Waals surface area contributed by atoms with Gasteiger partial charge in [-0.15, -0.1) is 11.3 Å². The monoisotopic (exact) mass is 218 g/mol. The van der Waals surface area contributed by atoms with Crippen LogP contribution in [0.2, 0.25) is 0 Å². The molecule has 0 amide bonds. The lowest BCUT2D eigenvalue weighted by Gasteiger charge is -2.23. The molecule has 0 N–H and O–H groups in total. The molecule has 0 atom stereocenters. The molecular formula is C12H14N2S. The standard InChI is InChI=1S/C12H14N2S/c13-8-12(4-5-12)6-11-14-10(7-15-11)9-2-1-3-9/h7,9H,1-6H2. The molecule has 1 aromatic heterocycles. The Morgan fingerprint density at radius 2 is 2.33 bits per heavy atom. The van der Waals surface area contributed by atoms with Gasteiger partial charge in [-0.3, -0.25) is 0 Å². The van der Waals surface area contributed by atoms with Gasteiger partial charge in [-0.05, 0) is 25.7 Å². The van der Waals surface area contributed by atoms with Crippen LogP contribution in [0, 0.1) is 16.7 Å². The number of nitrogens with zero attached hydrogens (tertiary/aromatic N) is 2. The van der Waals surface area contributed by atoms with Crippen molar-refractivity contribution in [2.45, 2.75) is 44.4 Å². The first-order chi connectivity index (χ1) is 7.31. The van der Waals surface area contributed by atoms with E-state index >= 15 is 0 Å². The third-order valence-electron chi connectivity index (χ3n) is 3.67. The summed E-state index contributed by atoms with van der Waals surface area (Å²) in [6, 6.07) is 2.43. The molecule has 0 aromatic carbocycles. The van der Waals surface area contributed by atoms with Crippen molar-refractivity contribution < 1.29 is 0 Å². The minimum absolute atomic E-state index is 0.0330. The molecule has 1 heterocycles. The van der Waals surface area contributed by atoms with Crippen molar-refractivity contribution in [1.29, 1.82) is 5.26 Å². The first kappa shape index (κ1) is 9.35. The van der Waals surface area contributed by atoms with Crippen LogP contribution in [0.5, 0.6) is 0 Å². The second-order valence-corrected chi connectivity index (χ2v) is 5.81. The zero-order valence-corrected chi connectivity index (χ0v) is 9.52. The maximum atomic E-state index is 9.02. The summed E-state index contributed by atoms with van der Waals surface area (Å²) in [5.74, 6) is 0.729. The van der Waals surface area contributed by atoms with E-state index in [9.17, 15) is 0 Å². The van der Waals surface area contributed by atoms with Crippen LogP contribution >= 0.6 is 11.3 Å². The third-order valence-corrected chi connectivity index (χ3v) is 4.54. The number of aromatic nitrogens is 1. The molecule has 0 radical (unpaired) electrons. The van der Waals surface area contributed by atoms with E-state index in [1.54, 1.807) is 11.3 Å². The molecule has 15 heavy (non-hydrogen) atoms. The molecule has 2 aliphatic carbocycles. The Labute approximate surface area is 94.0 Å². The first-order valence-corrected chi connectivity index (χ1v) is 6.55. The summed E-state index contributed by atoms with van der Waals surface area (Å²) in [5, 5.41) is 12.4. The van der Waals surface area contributed by atoms with Gasteiger partial charge in [-0.1, -0.05) is 6.42 Å². The summed E-state index contributed by atoms with van der Waals surface area (Å²) in [6.07, 6.45) is 7.02. The zero-order chi connectivity index (χ0) is 10.3. The number of rotatable bonds is 3. The topological polar surface area (TPSA) is 36.7 Å². The molecule has 1 aromatic rings. The zero-order valence-electron chi connectivity index (χ0n) is 8.70. The Morgan fingerprint density at radius 3 is 2.87 bits per heavy atom. The normalized spacial score (nSPS) is 23.1. The fourth-order valence-electron chi connectivity index (χ4n) is 2.07. The van der Waals surface area contributed by atoms with Gasteiger partial charge in [0, 0.05) is 17.7 Å². The summed E-state index contributed by atoms with van der Waals surface area (Å²) < 4.78 is 0. The average Bonchev–Trinajstić information content (AvgIpc) is 2.79. The molecule has 2 fully saturated rings.